The predicted molar refractivity (Wildman–Crippen MR) is 91.4 cm³/mol. The van der Waals surface area contributed by atoms with Gasteiger partial charge in [-0.15, -0.1) is 11.8 Å². The Balaban J connectivity index is 1.93. The number of carbonyl (C=O) groups is 2. The number of thioether (sulfide) groups is 1. The van der Waals surface area contributed by atoms with Gasteiger partial charge in [-0.05, 0) is 36.6 Å². The van der Waals surface area contributed by atoms with Gasteiger partial charge in [0.25, 0.3) is 5.91 Å². The van der Waals surface area contributed by atoms with Crippen LogP contribution in [0.3, 0.4) is 0 Å². The summed E-state index contributed by atoms with van der Waals surface area (Å²) in [6.07, 6.45) is 3.38. The molecule has 1 aromatic heterocycles. The molecular formula is C15H12Cl2N2O3S. The molecule has 0 aliphatic heterocycles. The van der Waals surface area contributed by atoms with Crippen LogP contribution in [0.1, 0.15) is 10.4 Å². The van der Waals surface area contributed by atoms with Gasteiger partial charge in [-0.1, -0.05) is 23.2 Å². The number of ether oxygens (including phenoxy) is 1. The fourth-order valence-corrected chi connectivity index (χ4v) is 2.52. The van der Waals surface area contributed by atoms with Crippen molar-refractivity contribution < 1.29 is 14.3 Å². The van der Waals surface area contributed by atoms with Gasteiger partial charge in [-0.2, -0.15) is 0 Å². The second-order valence-electron chi connectivity index (χ2n) is 4.31. The van der Waals surface area contributed by atoms with E-state index in [4.69, 9.17) is 27.9 Å². The molecule has 2 rings (SSSR count). The van der Waals surface area contributed by atoms with Crippen molar-refractivity contribution in [1.82, 2.24) is 4.98 Å². The molecule has 0 atom stereocenters. The fraction of sp³-hybridized carbons (Fsp3) is 0.133. The smallest absolute Gasteiger partial charge is 0.341 e. The first kappa shape index (κ1) is 17.6. The largest absolute Gasteiger partial charge is 0.452 e. The highest BCUT2D eigenvalue weighted by Crippen LogP contribution is 2.25. The molecule has 0 radical (unpaired) electrons. The average Bonchev–Trinajstić information content (AvgIpc) is 2.56. The maximum Gasteiger partial charge on any atom is 0.341 e. The van der Waals surface area contributed by atoms with Crippen molar-refractivity contribution in [2.75, 3.05) is 18.2 Å². The molecule has 0 bridgehead atoms. The van der Waals surface area contributed by atoms with Crippen molar-refractivity contribution in [2.24, 2.45) is 0 Å². The summed E-state index contributed by atoms with van der Waals surface area (Å²) in [4.78, 5) is 27.9. The first-order chi connectivity index (χ1) is 11.0. The van der Waals surface area contributed by atoms with Gasteiger partial charge in [-0.25, -0.2) is 9.78 Å². The van der Waals surface area contributed by atoms with E-state index in [2.05, 4.69) is 10.3 Å². The van der Waals surface area contributed by atoms with Crippen LogP contribution in [0.4, 0.5) is 5.69 Å². The number of carbonyl (C=O) groups excluding carboxylic acids is 2. The van der Waals surface area contributed by atoms with E-state index in [-0.39, 0.29) is 0 Å². The van der Waals surface area contributed by atoms with Crippen LogP contribution in [0, 0.1) is 0 Å². The van der Waals surface area contributed by atoms with Crippen LogP contribution in [0.25, 0.3) is 0 Å². The van der Waals surface area contributed by atoms with Gasteiger partial charge < -0.3 is 10.1 Å². The Morgan fingerprint density at radius 3 is 2.74 bits per heavy atom. The summed E-state index contributed by atoms with van der Waals surface area (Å²) < 4.78 is 5.00. The van der Waals surface area contributed by atoms with Crippen molar-refractivity contribution in [3.05, 3.63) is 52.1 Å². The Kier molecular flexibility index (Phi) is 6.27. The van der Waals surface area contributed by atoms with Gasteiger partial charge in [0.1, 0.15) is 5.03 Å². The zero-order valence-electron chi connectivity index (χ0n) is 12.0. The number of aromatic nitrogens is 1. The molecule has 1 heterocycles. The summed E-state index contributed by atoms with van der Waals surface area (Å²) in [6.45, 7) is -0.415. The number of amides is 1. The lowest BCUT2D eigenvalue weighted by Gasteiger charge is -2.08. The fourth-order valence-electron chi connectivity index (χ4n) is 1.69. The molecule has 0 unspecified atom stereocenters. The minimum Gasteiger partial charge on any atom is -0.452 e. The molecule has 0 saturated carbocycles. The summed E-state index contributed by atoms with van der Waals surface area (Å²) >= 11 is 13.0. The van der Waals surface area contributed by atoms with Crippen LogP contribution in [-0.2, 0) is 9.53 Å². The van der Waals surface area contributed by atoms with E-state index in [1.54, 1.807) is 36.7 Å². The molecule has 2 aromatic rings. The van der Waals surface area contributed by atoms with E-state index in [0.29, 0.717) is 26.3 Å². The number of hydrogen-bond acceptors (Lipinski definition) is 5. The monoisotopic (exact) mass is 370 g/mol. The van der Waals surface area contributed by atoms with Crippen molar-refractivity contribution in [2.45, 2.75) is 5.03 Å². The van der Waals surface area contributed by atoms with Crippen LogP contribution in [0.5, 0.6) is 0 Å². The minimum absolute atomic E-state index is 0.321. The molecule has 23 heavy (non-hydrogen) atoms. The van der Waals surface area contributed by atoms with E-state index in [1.807, 2.05) is 0 Å². The zero-order valence-corrected chi connectivity index (χ0v) is 14.3. The Morgan fingerprint density at radius 2 is 2.04 bits per heavy atom. The van der Waals surface area contributed by atoms with Crippen LogP contribution in [-0.4, -0.2) is 29.7 Å². The topological polar surface area (TPSA) is 68.3 Å². The van der Waals surface area contributed by atoms with Crippen LogP contribution >= 0.6 is 35.0 Å². The number of anilines is 1. The minimum atomic E-state index is -0.605. The van der Waals surface area contributed by atoms with E-state index in [1.165, 1.54) is 17.8 Å². The summed E-state index contributed by atoms with van der Waals surface area (Å²) in [5.74, 6) is -1.09. The Morgan fingerprint density at radius 1 is 1.26 bits per heavy atom. The molecule has 0 fully saturated rings. The number of rotatable bonds is 5. The van der Waals surface area contributed by atoms with Gasteiger partial charge >= 0.3 is 5.97 Å². The van der Waals surface area contributed by atoms with Crippen molar-refractivity contribution in [1.29, 1.82) is 0 Å². The van der Waals surface area contributed by atoms with Crippen molar-refractivity contribution in [3.8, 4) is 0 Å². The molecule has 0 aliphatic rings. The Hall–Kier alpha value is -1.76. The molecule has 1 aromatic carbocycles. The first-order valence-electron chi connectivity index (χ1n) is 6.42. The molecule has 120 valence electrons. The summed E-state index contributed by atoms with van der Waals surface area (Å²) in [7, 11) is 0. The third kappa shape index (κ3) is 4.86. The van der Waals surface area contributed by atoms with E-state index >= 15 is 0 Å². The second kappa shape index (κ2) is 8.19. The predicted octanol–water partition coefficient (Wildman–Crippen LogP) is 3.91. The quantitative estimate of drug-likeness (QED) is 0.638. The van der Waals surface area contributed by atoms with Gasteiger partial charge in [-0.3, -0.25) is 4.79 Å². The van der Waals surface area contributed by atoms with Crippen molar-refractivity contribution >= 4 is 52.5 Å². The van der Waals surface area contributed by atoms with Gasteiger partial charge in [0.15, 0.2) is 6.61 Å². The SMILES string of the molecule is CSc1ncccc1C(=O)OCC(=O)Nc1ccc(Cl)c(Cl)c1. The molecule has 5 nitrogen and oxygen atoms in total. The van der Waals surface area contributed by atoms with Crippen LogP contribution < -0.4 is 5.32 Å². The summed E-state index contributed by atoms with van der Waals surface area (Å²) in [5.41, 5.74) is 0.786. The van der Waals surface area contributed by atoms with Crippen molar-refractivity contribution in [3.63, 3.8) is 0 Å². The molecule has 1 amide bonds. The van der Waals surface area contributed by atoms with E-state index < -0.39 is 18.5 Å². The second-order valence-corrected chi connectivity index (χ2v) is 5.92. The number of benzene rings is 1. The van der Waals surface area contributed by atoms with Gasteiger partial charge in [0.2, 0.25) is 0 Å². The molecule has 8 heteroatoms. The number of halogens is 2. The molecular weight excluding hydrogens is 359 g/mol. The summed E-state index contributed by atoms with van der Waals surface area (Å²) in [6, 6.07) is 7.90. The number of hydrogen-bond donors (Lipinski definition) is 1. The van der Waals surface area contributed by atoms with Crippen LogP contribution in [0.15, 0.2) is 41.6 Å². The third-order valence-electron chi connectivity index (χ3n) is 2.72. The van der Waals surface area contributed by atoms with E-state index in [9.17, 15) is 9.59 Å². The maximum absolute atomic E-state index is 12.0. The zero-order chi connectivity index (χ0) is 16.8. The van der Waals surface area contributed by atoms with Crippen LogP contribution in [0.2, 0.25) is 10.0 Å². The lowest BCUT2D eigenvalue weighted by Crippen LogP contribution is -2.21. The highest BCUT2D eigenvalue weighted by molar-refractivity contribution is 7.98. The molecule has 0 spiro atoms. The average molecular weight is 371 g/mol. The Bertz CT molecular complexity index is 740. The number of pyridine rings is 1. The Labute approximate surface area is 147 Å². The highest BCUT2D eigenvalue weighted by atomic mass is 35.5. The molecule has 1 N–H and O–H groups in total. The maximum atomic E-state index is 12.0. The highest BCUT2D eigenvalue weighted by Gasteiger charge is 2.15. The molecule has 0 aliphatic carbocycles. The van der Waals surface area contributed by atoms with E-state index in [0.717, 1.165) is 0 Å². The number of esters is 1. The number of nitrogens with one attached hydrogen (secondary N) is 1. The summed E-state index contributed by atoms with van der Waals surface area (Å²) in [5, 5.41) is 3.82. The standard InChI is InChI=1S/C15H12Cl2N2O3S/c1-23-14-10(3-2-6-18-14)15(21)22-8-13(20)19-9-4-5-11(16)12(17)7-9/h2-7H,8H2,1H3,(H,19,20). The molecule has 0 saturated heterocycles. The lowest BCUT2D eigenvalue weighted by molar-refractivity contribution is -0.119. The van der Waals surface area contributed by atoms with Gasteiger partial charge in [0, 0.05) is 11.9 Å². The number of nitrogens with zero attached hydrogens (tertiary/aromatic N) is 1. The first-order valence-corrected chi connectivity index (χ1v) is 8.40. The normalized spacial score (nSPS) is 10.2. The van der Waals surface area contributed by atoms with Gasteiger partial charge in [0.05, 0.1) is 15.6 Å². The lowest BCUT2D eigenvalue weighted by atomic mass is 10.3. The third-order valence-corrected chi connectivity index (χ3v) is 4.17.